The molecule has 0 aliphatic rings. The van der Waals surface area contributed by atoms with Gasteiger partial charge in [-0.15, -0.1) is 0 Å². The number of hydrogen-bond acceptors (Lipinski definition) is 0. The van der Waals surface area contributed by atoms with Gasteiger partial charge in [0, 0.05) is 0 Å². The van der Waals surface area contributed by atoms with Gasteiger partial charge in [-0.25, -0.2) is 0 Å². The molecule has 0 N–H and O–H groups in total. The molecule has 0 bridgehead atoms. The van der Waals surface area contributed by atoms with Crippen molar-refractivity contribution in [3.05, 3.63) is 60.7 Å². The van der Waals surface area contributed by atoms with Crippen LogP contribution in [0.25, 0.3) is 0 Å². The minimum atomic E-state index is -8.64. The predicted molar refractivity (Wildman–Crippen MR) is 98.6 cm³/mol. The van der Waals surface area contributed by atoms with Gasteiger partial charge >= 0.3 is 205 Å². The Labute approximate surface area is 205 Å². The molecule has 0 heterocycles. The van der Waals surface area contributed by atoms with Gasteiger partial charge in [-0.2, -0.15) is 0 Å². The molecule has 0 unspecified atom stereocenters. The second-order valence-corrected chi connectivity index (χ2v) is 11.7. The van der Waals surface area contributed by atoms with Crippen molar-refractivity contribution >= 4 is 22.8 Å². The first-order valence-corrected chi connectivity index (χ1v) is 12.0. The van der Waals surface area contributed by atoms with Crippen LogP contribution in [0.15, 0.2) is 60.7 Å². The van der Waals surface area contributed by atoms with Crippen LogP contribution in [0.4, 0.5) is 74.6 Å². The van der Waals surface area contributed by atoms with Crippen LogP contribution in [0.2, 0.25) is 0 Å². The average Bonchev–Trinajstić information content (AvgIpc) is 2.79. The average molecular weight is 652 g/mol. The van der Waals surface area contributed by atoms with Crippen LogP contribution in [0.5, 0.6) is 0 Å². The third-order valence-corrected chi connectivity index (χ3v) is 9.64. The summed E-state index contributed by atoms with van der Waals surface area (Å²) in [6, 6.07) is 8.42. The van der Waals surface area contributed by atoms with Crippen molar-refractivity contribution in [1.29, 1.82) is 0 Å². The van der Waals surface area contributed by atoms with E-state index >= 15 is 8.78 Å². The Hall–Kier alpha value is -2.23. The molecule has 2 aromatic carbocycles. The quantitative estimate of drug-likeness (QED) is 0.206. The first-order chi connectivity index (χ1) is 16.8. The monoisotopic (exact) mass is 653 g/mol. The van der Waals surface area contributed by atoms with E-state index in [1.54, 1.807) is 0 Å². The van der Waals surface area contributed by atoms with E-state index in [4.69, 9.17) is 0 Å². The third-order valence-electron chi connectivity index (χ3n) is 4.91. The maximum atomic E-state index is 15.1. The Morgan fingerprint density at radius 1 is 0.342 bits per heavy atom. The Morgan fingerprint density at radius 2 is 0.605 bits per heavy atom. The molecule has 0 aliphatic carbocycles. The molecule has 2 rings (SSSR count). The second-order valence-electron chi connectivity index (χ2n) is 7.39. The van der Waals surface area contributed by atoms with E-state index in [2.05, 4.69) is 0 Å². The zero-order valence-corrected chi connectivity index (χ0v) is 19.3. The van der Waals surface area contributed by atoms with E-state index in [0.717, 1.165) is 36.4 Å². The van der Waals surface area contributed by atoms with Gasteiger partial charge in [0.05, 0.1) is 0 Å². The van der Waals surface area contributed by atoms with Crippen molar-refractivity contribution in [2.75, 3.05) is 0 Å². The van der Waals surface area contributed by atoms with Gasteiger partial charge in [0.15, 0.2) is 0 Å². The normalized spacial score (nSPS) is 15.2. The molecule has 0 nitrogen and oxygen atoms in total. The summed E-state index contributed by atoms with van der Waals surface area (Å²) in [6.07, 6.45) is -7.78. The summed E-state index contributed by atoms with van der Waals surface area (Å²) in [5.74, 6) is -50.0. The molecule has 0 atom stereocenters. The van der Waals surface area contributed by atoms with Crippen LogP contribution in [-0.4, -0.2) is 60.4 Å². The SMILES string of the molecule is FC(F)(F)C(F)(F)C(F)(F)C(F)(F)C(F)(F)C(F)(F)C(F)(F)C(F)(F)[Se](c1ccccc1)c1ccccc1. The van der Waals surface area contributed by atoms with E-state index in [9.17, 15) is 65.9 Å². The summed E-state index contributed by atoms with van der Waals surface area (Å²) in [7, 11) is 0. The zero-order chi connectivity index (χ0) is 29.8. The van der Waals surface area contributed by atoms with Crippen molar-refractivity contribution in [2.45, 2.75) is 46.5 Å². The first-order valence-electron chi connectivity index (χ1n) is 9.40. The molecule has 0 aliphatic heterocycles. The fourth-order valence-electron chi connectivity index (χ4n) is 2.82. The summed E-state index contributed by atoms with van der Waals surface area (Å²) in [5, 5.41) is 0. The number of rotatable bonds is 9. The molecule has 18 heteroatoms. The van der Waals surface area contributed by atoms with Crippen molar-refractivity contribution in [3.8, 4) is 0 Å². The summed E-state index contributed by atoms with van der Waals surface area (Å²) in [5.41, 5.74) is 0. The molecular formula is C20H10F17Se. The number of benzene rings is 2. The van der Waals surface area contributed by atoms with Crippen LogP contribution < -0.4 is 8.92 Å². The van der Waals surface area contributed by atoms with Gasteiger partial charge in [-0.05, 0) is 0 Å². The first kappa shape index (κ1) is 32.0. The molecule has 0 spiro atoms. The number of halogens is 17. The van der Waals surface area contributed by atoms with Crippen LogP contribution in [0, 0.1) is 0 Å². The molecule has 0 aromatic heterocycles. The maximum absolute atomic E-state index is 15.1. The van der Waals surface area contributed by atoms with Crippen LogP contribution in [0.3, 0.4) is 0 Å². The van der Waals surface area contributed by atoms with Crippen LogP contribution in [0.1, 0.15) is 0 Å². The minimum absolute atomic E-state index is 0.643. The topological polar surface area (TPSA) is 0 Å². The number of alkyl halides is 17. The molecular weight excluding hydrogens is 642 g/mol. The summed E-state index contributed by atoms with van der Waals surface area (Å²) in [4.78, 5) is -6.46. The van der Waals surface area contributed by atoms with Gasteiger partial charge < -0.3 is 0 Å². The van der Waals surface area contributed by atoms with Gasteiger partial charge in [0.1, 0.15) is 0 Å². The molecule has 215 valence electrons. The van der Waals surface area contributed by atoms with Crippen molar-refractivity contribution in [1.82, 2.24) is 0 Å². The van der Waals surface area contributed by atoms with Crippen LogP contribution in [-0.2, 0) is 0 Å². The van der Waals surface area contributed by atoms with Gasteiger partial charge in [0.2, 0.25) is 0 Å². The Morgan fingerprint density at radius 3 is 0.895 bits per heavy atom. The zero-order valence-electron chi connectivity index (χ0n) is 17.6. The molecule has 2 aromatic rings. The Kier molecular flexibility index (Phi) is 7.96. The molecule has 0 saturated carbocycles. The third kappa shape index (κ3) is 4.40. The van der Waals surface area contributed by atoms with Crippen LogP contribution >= 0.6 is 0 Å². The van der Waals surface area contributed by atoms with E-state index in [-0.39, 0.29) is 0 Å². The summed E-state index contributed by atoms with van der Waals surface area (Å²) in [6.45, 7) is 0. The van der Waals surface area contributed by atoms with Gasteiger partial charge in [-0.1, -0.05) is 0 Å². The molecule has 38 heavy (non-hydrogen) atoms. The molecule has 0 fully saturated rings. The van der Waals surface area contributed by atoms with E-state index < -0.39 is 69.4 Å². The van der Waals surface area contributed by atoms with Crippen molar-refractivity contribution in [2.24, 2.45) is 0 Å². The summed E-state index contributed by atoms with van der Waals surface area (Å²) < 4.78 is 231. The predicted octanol–water partition coefficient (Wildman–Crippen LogP) is 6.84. The van der Waals surface area contributed by atoms with Crippen molar-refractivity contribution in [3.63, 3.8) is 0 Å². The van der Waals surface area contributed by atoms with E-state index in [1.807, 2.05) is 0 Å². The Bertz CT molecular complexity index is 1050. The van der Waals surface area contributed by atoms with Gasteiger partial charge in [0.25, 0.3) is 0 Å². The fraction of sp³-hybridized carbons (Fsp3) is 0.400. The molecule has 0 saturated heterocycles. The number of hydrogen-bond donors (Lipinski definition) is 0. The summed E-state index contributed by atoms with van der Waals surface area (Å²) >= 11 is -5.08. The second kappa shape index (κ2) is 9.45. The van der Waals surface area contributed by atoms with E-state index in [1.165, 1.54) is 0 Å². The van der Waals surface area contributed by atoms with Gasteiger partial charge in [-0.3, -0.25) is 0 Å². The van der Waals surface area contributed by atoms with E-state index in [0.29, 0.717) is 24.3 Å². The van der Waals surface area contributed by atoms with Crippen molar-refractivity contribution < 1.29 is 74.6 Å². The standard InChI is InChI=1S/C20H10F17Se/c21-13(22,15(25,26)17(29,30)19(33,34)35)14(23,24)16(27,28)18(31,32)20(36,37)38(11-7-3-1-4-8-11)12-9-5-2-6-10-12/h1-10H. The fourth-order valence-corrected chi connectivity index (χ4v) is 7.24. The molecule has 0 amide bonds. The molecule has 1 radical (unpaired) electrons. The Balaban J connectivity index is 2.76.